The summed E-state index contributed by atoms with van der Waals surface area (Å²) in [6, 6.07) is 7.90. The molecule has 2 saturated heterocycles. The van der Waals surface area contributed by atoms with Crippen molar-refractivity contribution in [2.45, 2.75) is 63.4 Å². The summed E-state index contributed by atoms with van der Waals surface area (Å²) in [5, 5.41) is 3.24. The Morgan fingerprint density at radius 2 is 1.68 bits per heavy atom. The van der Waals surface area contributed by atoms with Crippen molar-refractivity contribution < 1.29 is 13.2 Å². The van der Waals surface area contributed by atoms with E-state index in [4.69, 9.17) is 0 Å². The van der Waals surface area contributed by atoms with Gasteiger partial charge in [-0.2, -0.15) is 4.31 Å². The van der Waals surface area contributed by atoms with Crippen LogP contribution in [0.3, 0.4) is 0 Å². The van der Waals surface area contributed by atoms with E-state index in [1.807, 2.05) is 24.0 Å². The highest BCUT2D eigenvalue weighted by atomic mass is 32.2. The van der Waals surface area contributed by atoms with E-state index in [1.54, 1.807) is 12.1 Å². The van der Waals surface area contributed by atoms with E-state index in [2.05, 4.69) is 24.1 Å². The van der Waals surface area contributed by atoms with Crippen molar-refractivity contribution in [2.24, 2.45) is 0 Å². The number of nitrogens with one attached hydrogen (secondary N) is 1. The third-order valence-corrected chi connectivity index (χ3v) is 8.60. The maximum Gasteiger partial charge on any atom is 0.243 e. The highest BCUT2D eigenvalue weighted by molar-refractivity contribution is 7.89. The molecule has 174 valence electrons. The second kappa shape index (κ2) is 10.9. The molecule has 0 saturated carbocycles. The van der Waals surface area contributed by atoms with Gasteiger partial charge in [-0.05, 0) is 45.7 Å². The first kappa shape index (κ1) is 24.2. The molecule has 0 aliphatic carbocycles. The van der Waals surface area contributed by atoms with Crippen molar-refractivity contribution in [1.82, 2.24) is 19.4 Å². The Kier molecular flexibility index (Phi) is 8.50. The lowest BCUT2D eigenvalue weighted by molar-refractivity contribution is -0.131. The molecule has 7 nitrogen and oxygen atoms in total. The summed E-state index contributed by atoms with van der Waals surface area (Å²) in [5.74, 6) is 0.0327. The van der Waals surface area contributed by atoms with Crippen LogP contribution in [0.25, 0.3) is 0 Å². The van der Waals surface area contributed by atoms with Gasteiger partial charge >= 0.3 is 0 Å². The number of hydrogen-bond donors (Lipinski definition) is 1. The number of rotatable bonds is 8. The molecule has 2 atom stereocenters. The highest BCUT2D eigenvalue weighted by Crippen LogP contribution is 2.23. The summed E-state index contributed by atoms with van der Waals surface area (Å²) in [6.45, 7) is 10.7. The quantitative estimate of drug-likeness (QED) is 0.656. The molecule has 0 bridgehead atoms. The third-order valence-electron chi connectivity index (χ3n) is 6.69. The molecule has 3 rings (SSSR count). The van der Waals surface area contributed by atoms with Crippen molar-refractivity contribution in [1.29, 1.82) is 0 Å². The molecular formula is C23H38N4O3S. The summed E-state index contributed by atoms with van der Waals surface area (Å²) in [5.41, 5.74) is 1.02. The molecule has 31 heavy (non-hydrogen) atoms. The standard InChI is InChI=1S/C23H38N4O3S/c1-19-7-9-22(10-8-19)31(29,30)26(14-11-23(28)25-15-12-24-13-16-25)17-18-27-20(2)5-4-6-21(27)3/h7-10,20-21,24H,4-6,11-18H2,1-3H3/t20-,21-/m0/s1. The van der Waals surface area contributed by atoms with Gasteiger partial charge in [-0.15, -0.1) is 0 Å². The van der Waals surface area contributed by atoms with Crippen LogP contribution in [0.1, 0.15) is 45.1 Å². The third kappa shape index (κ3) is 6.28. The summed E-state index contributed by atoms with van der Waals surface area (Å²) >= 11 is 0. The van der Waals surface area contributed by atoms with Gasteiger partial charge in [0.2, 0.25) is 15.9 Å². The van der Waals surface area contributed by atoms with E-state index in [9.17, 15) is 13.2 Å². The molecule has 8 heteroatoms. The topological polar surface area (TPSA) is 73.0 Å². The molecule has 0 radical (unpaired) electrons. The van der Waals surface area contributed by atoms with E-state index in [1.165, 1.54) is 10.7 Å². The van der Waals surface area contributed by atoms with Crippen molar-refractivity contribution in [3.05, 3.63) is 29.8 Å². The van der Waals surface area contributed by atoms with E-state index in [-0.39, 0.29) is 18.9 Å². The lowest BCUT2D eigenvalue weighted by Crippen LogP contribution is -2.49. The minimum atomic E-state index is -3.66. The molecule has 2 aliphatic heterocycles. The van der Waals surface area contributed by atoms with Crippen LogP contribution in [0.5, 0.6) is 0 Å². The summed E-state index contributed by atoms with van der Waals surface area (Å²) in [4.78, 5) is 17.2. The number of sulfonamides is 1. The van der Waals surface area contributed by atoms with Crippen LogP contribution in [0.15, 0.2) is 29.2 Å². The van der Waals surface area contributed by atoms with Crippen LogP contribution in [0.4, 0.5) is 0 Å². The van der Waals surface area contributed by atoms with Gasteiger partial charge in [-0.25, -0.2) is 8.42 Å². The lowest BCUT2D eigenvalue weighted by atomic mass is 9.98. The van der Waals surface area contributed by atoms with Crippen LogP contribution >= 0.6 is 0 Å². The number of carbonyl (C=O) groups excluding carboxylic acids is 1. The minimum absolute atomic E-state index is 0.0327. The Morgan fingerprint density at radius 1 is 1.06 bits per heavy atom. The largest absolute Gasteiger partial charge is 0.340 e. The normalized spacial score (nSPS) is 23.3. The zero-order chi connectivity index (χ0) is 22.4. The lowest BCUT2D eigenvalue weighted by Gasteiger charge is -2.40. The summed E-state index contributed by atoms with van der Waals surface area (Å²) in [6.07, 6.45) is 3.74. The van der Waals surface area contributed by atoms with Gasteiger partial charge in [-0.1, -0.05) is 24.1 Å². The van der Waals surface area contributed by atoms with E-state index >= 15 is 0 Å². The highest BCUT2D eigenvalue weighted by Gasteiger charge is 2.29. The van der Waals surface area contributed by atoms with Crippen molar-refractivity contribution in [3.8, 4) is 0 Å². The number of piperazine rings is 1. The average Bonchev–Trinajstić information content (AvgIpc) is 2.76. The van der Waals surface area contributed by atoms with E-state index in [0.29, 0.717) is 43.2 Å². The summed E-state index contributed by atoms with van der Waals surface area (Å²) < 4.78 is 28.4. The monoisotopic (exact) mass is 450 g/mol. The van der Waals surface area contributed by atoms with Gasteiger partial charge < -0.3 is 10.2 Å². The fourth-order valence-electron chi connectivity index (χ4n) is 4.65. The molecule has 0 unspecified atom stereocenters. The molecule has 1 aromatic carbocycles. The zero-order valence-electron chi connectivity index (χ0n) is 19.2. The van der Waals surface area contributed by atoms with Crippen LogP contribution < -0.4 is 5.32 Å². The van der Waals surface area contributed by atoms with Crippen LogP contribution in [0, 0.1) is 6.92 Å². The van der Waals surface area contributed by atoms with E-state index < -0.39 is 10.0 Å². The second-order valence-corrected chi connectivity index (χ2v) is 10.9. The van der Waals surface area contributed by atoms with Crippen LogP contribution in [-0.2, 0) is 14.8 Å². The van der Waals surface area contributed by atoms with Gasteiger partial charge in [0.05, 0.1) is 4.90 Å². The number of nitrogens with zero attached hydrogens (tertiary/aromatic N) is 3. The smallest absolute Gasteiger partial charge is 0.243 e. The zero-order valence-corrected chi connectivity index (χ0v) is 20.0. The van der Waals surface area contributed by atoms with Gasteiger partial charge in [-0.3, -0.25) is 9.69 Å². The molecule has 1 amide bonds. The molecule has 2 heterocycles. The number of carbonyl (C=O) groups is 1. The molecule has 0 spiro atoms. The maximum atomic E-state index is 13.4. The molecule has 2 aliphatic rings. The van der Waals surface area contributed by atoms with Crippen LogP contribution in [0.2, 0.25) is 0 Å². The molecule has 1 aromatic rings. The molecular weight excluding hydrogens is 412 g/mol. The average molecular weight is 451 g/mol. The number of likely N-dealkylation sites (tertiary alicyclic amines) is 1. The first-order chi connectivity index (χ1) is 14.8. The van der Waals surface area contributed by atoms with Gasteiger partial charge in [0, 0.05) is 64.3 Å². The predicted octanol–water partition coefficient (Wildman–Crippen LogP) is 2.07. The van der Waals surface area contributed by atoms with Gasteiger partial charge in [0.15, 0.2) is 0 Å². The first-order valence-electron chi connectivity index (χ1n) is 11.6. The summed E-state index contributed by atoms with van der Waals surface area (Å²) in [7, 11) is -3.66. The molecule has 0 aromatic heterocycles. The fourth-order valence-corrected chi connectivity index (χ4v) is 6.08. The SMILES string of the molecule is Cc1ccc(S(=O)(=O)N(CCC(=O)N2CCNCC2)CCN2[C@@H](C)CCC[C@@H]2C)cc1. The number of benzene rings is 1. The Bertz CT molecular complexity index is 812. The Hall–Kier alpha value is -1.48. The Labute approximate surface area is 187 Å². The number of aryl methyl sites for hydroxylation is 1. The molecule has 1 N–H and O–H groups in total. The van der Waals surface area contributed by atoms with Crippen molar-refractivity contribution in [2.75, 3.05) is 45.8 Å². The Morgan fingerprint density at radius 3 is 2.29 bits per heavy atom. The predicted molar refractivity (Wildman–Crippen MR) is 123 cm³/mol. The van der Waals surface area contributed by atoms with Crippen LogP contribution in [-0.4, -0.2) is 86.3 Å². The molecule has 2 fully saturated rings. The minimum Gasteiger partial charge on any atom is -0.340 e. The maximum absolute atomic E-state index is 13.4. The van der Waals surface area contributed by atoms with Crippen molar-refractivity contribution >= 4 is 15.9 Å². The van der Waals surface area contributed by atoms with Gasteiger partial charge in [0.25, 0.3) is 0 Å². The number of amides is 1. The Balaban J connectivity index is 1.72. The number of piperidine rings is 1. The van der Waals surface area contributed by atoms with Gasteiger partial charge in [0.1, 0.15) is 0 Å². The fraction of sp³-hybridized carbons (Fsp3) is 0.696. The van der Waals surface area contributed by atoms with Crippen molar-refractivity contribution in [3.63, 3.8) is 0 Å². The van der Waals surface area contributed by atoms with E-state index in [0.717, 1.165) is 31.5 Å². The first-order valence-corrected chi connectivity index (χ1v) is 13.0. The number of hydrogen-bond acceptors (Lipinski definition) is 5. The second-order valence-electron chi connectivity index (χ2n) is 8.96.